The quantitative estimate of drug-likeness (QED) is 0.606. The van der Waals surface area contributed by atoms with Crippen LogP contribution in [0.3, 0.4) is 0 Å². The van der Waals surface area contributed by atoms with E-state index >= 15 is 0 Å². The van der Waals surface area contributed by atoms with E-state index in [1.807, 2.05) is 0 Å². The van der Waals surface area contributed by atoms with Gasteiger partial charge in [-0.05, 0) is 43.3 Å². The Morgan fingerprint density at radius 2 is 1.72 bits per heavy atom. The molecule has 2 rings (SSSR count). The van der Waals surface area contributed by atoms with Gasteiger partial charge in [0.05, 0.1) is 12.9 Å². The number of carbonyl (C=O) groups is 3. The number of hydrogen-bond acceptors (Lipinski definition) is 6. The van der Waals surface area contributed by atoms with Crippen LogP contribution in [0, 0.1) is 5.82 Å². The zero-order valence-corrected chi connectivity index (χ0v) is 16.8. The molecule has 0 bridgehead atoms. The Labute approximate surface area is 172 Å². The predicted molar refractivity (Wildman–Crippen MR) is 110 cm³/mol. The molecule has 0 aliphatic heterocycles. The number of esters is 1. The zero-order chi connectivity index (χ0) is 21.2. The van der Waals surface area contributed by atoms with Crippen LogP contribution >= 0.6 is 11.8 Å². The van der Waals surface area contributed by atoms with E-state index in [9.17, 15) is 18.8 Å². The second-order valence-corrected chi connectivity index (χ2v) is 7.23. The maximum atomic E-state index is 12.9. The molecule has 7 nitrogen and oxygen atoms in total. The van der Waals surface area contributed by atoms with Gasteiger partial charge in [0.2, 0.25) is 5.91 Å². The number of hydrogen-bond donors (Lipinski definition) is 2. The van der Waals surface area contributed by atoms with Crippen LogP contribution in [0.2, 0.25) is 0 Å². The van der Waals surface area contributed by atoms with Crippen molar-refractivity contribution in [1.82, 2.24) is 0 Å². The highest BCUT2D eigenvalue weighted by atomic mass is 32.2. The van der Waals surface area contributed by atoms with E-state index in [-0.39, 0.29) is 11.7 Å². The predicted octanol–water partition coefficient (Wildman–Crippen LogP) is 3.08. The summed E-state index contributed by atoms with van der Waals surface area (Å²) in [6.45, 7) is 1.14. The number of rotatable bonds is 9. The lowest BCUT2D eigenvalue weighted by molar-refractivity contribution is -0.146. The van der Waals surface area contributed by atoms with Crippen LogP contribution in [0.25, 0.3) is 0 Å². The van der Waals surface area contributed by atoms with Gasteiger partial charge in [-0.1, -0.05) is 6.07 Å². The second kappa shape index (κ2) is 11.1. The van der Waals surface area contributed by atoms with Gasteiger partial charge in [-0.2, -0.15) is 0 Å². The number of amides is 2. The van der Waals surface area contributed by atoms with Crippen molar-refractivity contribution < 1.29 is 28.2 Å². The minimum absolute atomic E-state index is 0.00362. The Bertz CT molecular complexity index is 860. The first kappa shape index (κ1) is 22.2. The zero-order valence-electron chi connectivity index (χ0n) is 15.9. The fourth-order valence-electron chi connectivity index (χ4n) is 2.15. The lowest BCUT2D eigenvalue weighted by Crippen LogP contribution is -2.26. The van der Waals surface area contributed by atoms with E-state index in [0.29, 0.717) is 17.1 Å². The fraction of sp³-hybridized carbons (Fsp3) is 0.250. The van der Waals surface area contributed by atoms with Crippen molar-refractivity contribution >= 4 is 40.9 Å². The third-order valence-corrected chi connectivity index (χ3v) is 4.74. The standard InChI is InChI=1S/C20H21FN2O5S/c1-13(29-12-19(25)22-15-8-6-14(21)7-9-15)20(26)28-11-18(24)23-16-4-3-5-17(10-16)27-2/h3-10,13H,11-12H2,1-2H3,(H,22,25)(H,23,24)/t13-/m0/s1. The average Bonchev–Trinajstić information content (AvgIpc) is 2.72. The molecule has 0 heterocycles. The Morgan fingerprint density at radius 1 is 1.03 bits per heavy atom. The summed E-state index contributed by atoms with van der Waals surface area (Å²) in [4.78, 5) is 35.8. The molecule has 0 aliphatic rings. The summed E-state index contributed by atoms with van der Waals surface area (Å²) in [6, 6.07) is 12.1. The van der Waals surface area contributed by atoms with Crippen LogP contribution in [-0.4, -0.2) is 42.5 Å². The Hall–Kier alpha value is -3.07. The lowest BCUT2D eigenvalue weighted by atomic mass is 10.3. The highest BCUT2D eigenvalue weighted by Crippen LogP contribution is 2.17. The summed E-state index contributed by atoms with van der Waals surface area (Å²) in [6.07, 6.45) is 0. The smallest absolute Gasteiger partial charge is 0.319 e. The van der Waals surface area contributed by atoms with E-state index in [4.69, 9.17) is 9.47 Å². The number of nitrogens with one attached hydrogen (secondary N) is 2. The molecule has 0 unspecified atom stereocenters. The van der Waals surface area contributed by atoms with Crippen LogP contribution in [-0.2, 0) is 19.1 Å². The molecule has 2 N–H and O–H groups in total. The van der Waals surface area contributed by atoms with Gasteiger partial charge in [-0.25, -0.2) is 4.39 Å². The number of carbonyl (C=O) groups excluding carboxylic acids is 3. The van der Waals surface area contributed by atoms with Gasteiger partial charge in [0, 0.05) is 17.4 Å². The molecule has 0 fully saturated rings. The molecule has 0 spiro atoms. The largest absolute Gasteiger partial charge is 0.497 e. The van der Waals surface area contributed by atoms with Gasteiger partial charge in [0.1, 0.15) is 16.8 Å². The molecule has 154 valence electrons. The number of methoxy groups -OCH3 is 1. The maximum absolute atomic E-state index is 12.9. The molecule has 0 aliphatic carbocycles. The molecule has 29 heavy (non-hydrogen) atoms. The normalized spacial score (nSPS) is 11.3. The summed E-state index contributed by atoms with van der Waals surface area (Å²) in [5.74, 6) is -1.24. The molecule has 2 aromatic carbocycles. The van der Waals surface area contributed by atoms with Gasteiger partial charge >= 0.3 is 5.97 Å². The molecule has 0 radical (unpaired) electrons. The number of benzene rings is 2. The molecule has 9 heteroatoms. The minimum atomic E-state index is -0.640. The van der Waals surface area contributed by atoms with E-state index in [2.05, 4.69) is 10.6 Å². The van der Waals surface area contributed by atoms with Crippen molar-refractivity contribution in [1.29, 1.82) is 0 Å². The summed E-state index contributed by atoms with van der Waals surface area (Å²) in [7, 11) is 1.52. The van der Waals surface area contributed by atoms with Gasteiger partial charge in [0.25, 0.3) is 5.91 Å². The lowest BCUT2D eigenvalue weighted by Gasteiger charge is -2.12. The highest BCUT2D eigenvalue weighted by molar-refractivity contribution is 8.01. The molecule has 0 aromatic heterocycles. The molecule has 1 atom stereocenters. The second-order valence-electron chi connectivity index (χ2n) is 5.90. The number of anilines is 2. The average molecular weight is 420 g/mol. The van der Waals surface area contributed by atoms with Crippen molar-refractivity contribution in [2.24, 2.45) is 0 Å². The molecular formula is C20H21FN2O5S. The van der Waals surface area contributed by atoms with Crippen molar-refractivity contribution in [3.05, 3.63) is 54.3 Å². The first-order valence-electron chi connectivity index (χ1n) is 8.65. The number of ether oxygens (including phenoxy) is 2. The third kappa shape index (κ3) is 7.82. The van der Waals surface area contributed by atoms with Gasteiger partial charge in [0.15, 0.2) is 6.61 Å². The molecular weight excluding hydrogens is 399 g/mol. The van der Waals surface area contributed by atoms with E-state index < -0.39 is 29.6 Å². The van der Waals surface area contributed by atoms with Crippen LogP contribution in [0.4, 0.5) is 15.8 Å². The minimum Gasteiger partial charge on any atom is -0.497 e. The van der Waals surface area contributed by atoms with Gasteiger partial charge in [-0.3, -0.25) is 14.4 Å². The molecule has 0 saturated heterocycles. The Kier molecular flexibility index (Phi) is 8.47. The van der Waals surface area contributed by atoms with E-state index in [0.717, 1.165) is 11.8 Å². The van der Waals surface area contributed by atoms with Crippen LogP contribution < -0.4 is 15.4 Å². The summed E-state index contributed by atoms with van der Waals surface area (Å²) in [5, 5.41) is 4.56. The topological polar surface area (TPSA) is 93.7 Å². The fourth-order valence-corrected chi connectivity index (χ4v) is 2.83. The van der Waals surface area contributed by atoms with E-state index in [1.165, 1.54) is 31.4 Å². The van der Waals surface area contributed by atoms with Crippen molar-refractivity contribution in [2.45, 2.75) is 12.2 Å². The van der Waals surface area contributed by atoms with E-state index in [1.54, 1.807) is 31.2 Å². The van der Waals surface area contributed by atoms with Crippen molar-refractivity contribution in [3.63, 3.8) is 0 Å². The van der Waals surface area contributed by atoms with Gasteiger partial charge in [-0.15, -0.1) is 11.8 Å². The van der Waals surface area contributed by atoms with Crippen LogP contribution in [0.1, 0.15) is 6.92 Å². The number of thioether (sulfide) groups is 1. The first-order chi connectivity index (χ1) is 13.9. The molecule has 0 saturated carbocycles. The molecule has 2 amide bonds. The molecule has 2 aromatic rings. The highest BCUT2D eigenvalue weighted by Gasteiger charge is 2.18. The number of halogens is 1. The monoisotopic (exact) mass is 420 g/mol. The Morgan fingerprint density at radius 3 is 2.41 bits per heavy atom. The summed E-state index contributed by atoms with van der Waals surface area (Å²) in [5.41, 5.74) is 0.978. The first-order valence-corrected chi connectivity index (χ1v) is 9.70. The van der Waals surface area contributed by atoms with Crippen LogP contribution in [0.15, 0.2) is 48.5 Å². The SMILES string of the molecule is COc1cccc(NC(=O)COC(=O)[C@H](C)SCC(=O)Nc2ccc(F)cc2)c1. The van der Waals surface area contributed by atoms with Crippen molar-refractivity contribution in [3.8, 4) is 5.75 Å². The Balaban J connectivity index is 1.70. The maximum Gasteiger partial charge on any atom is 0.319 e. The van der Waals surface area contributed by atoms with Crippen LogP contribution in [0.5, 0.6) is 5.75 Å². The summed E-state index contributed by atoms with van der Waals surface area (Å²) < 4.78 is 22.9. The summed E-state index contributed by atoms with van der Waals surface area (Å²) >= 11 is 1.07. The van der Waals surface area contributed by atoms with Crippen molar-refractivity contribution in [2.75, 3.05) is 30.1 Å². The third-order valence-electron chi connectivity index (χ3n) is 3.62. The van der Waals surface area contributed by atoms with Gasteiger partial charge < -0.3 is 20.1 Å².